The summed E-state index contributed by atoms with van der Waals surface area (Å²) in [5.74, 6) is 0. The van der Waals surface area contributed by atoms with Gasteiger partial charge in [-0.05, 0) is 101 Å². The van der Waals surface area contributed by atoms with Gasteiger partial charge in [-0.25, -0.2) is 0 Å². The van der Waals surface area contributed by atoms with E-state index >= 15 is 0 Å². The van der Waals surface area contributed by atoms with Gasteiger partial charge in [-0.2, -0.15) is 0 Å². The van der Waals surface area contributed by atoms with Gasteiger partial charge in [0.1, 0.15) is 0 Å². The second kappa shape index (κ2) is 9.22. The Kier molecular flexibility index (Phi) is 5.42. The third-order valence-electron chi connectivity index (χ3n) is 9.03. The molecule has 0 fully saturated rings. The van der Waals surface area contributed by atoms with E-state index in [1.54, 1.807) is 0 Å². The zero-order valence-electron chi connectivity index (χ0n) is 24.1. The molecule has 1 N–H and O–H groups in total. The van der Waals surface area contributed by atoms with Gasteiger partial charge >= 0.3 is 0 Å². The van der Waals surface area contributed by atoms with Crippen LogP contribution in [0, 0.1) is 6.92 Å². The average molecular weight is 541 g/mol. The first-order valence-corrected chi connectivity index (χ1v) is 14.7. The van der Waals surface area contributed by atoms with Crippen LogP contribution in [0.15, 0.2) is 133 Å². The highest BCUT2D eigenvalue weighted by atomic mass is 15.0. The summed E-state index contributed by atoms with van der Waals surface area (Å²) in [4.78, 5) is 0. The Hall–Kier alpha value is -5.08. The van der Waals surface area contributed by atoms with Crippen molar-refractivity contribution in [1.29, 1.82) is 0 Å². The van der Waals surface area contributed by atoms with Crippen LogP contribution in [0.4, 0.5) is 11.4 Å². The number of anilines is 2. The molecule has 1 aliphatic carbocycles. The van der Waals surface area contributed by atoms with E-state index < -0.39 is 0 Å². The molecule has 0 aliphatic heterocycles. The molecule has 202 valence electrons. The van der Waals surface area contributed by atoms with Crippen molar-refractivity contribution in [2.75, 3.05) is 5.32 Å². The number of para-hydroxylation sites is 1. The SMILES string of the molecule is Cc1ccc2c(c1)c1cc(Nc3ccc(-c4ccc5c(c4)C(C)(C)c4ccccc4-5)cc3)ccc1n2-c1ccccc1. The van der Waals surface area contributed by atoms with Crippen LogP contribution in [0.3, 0.4) is 0 Å². The van der Waals surface area contributed by atoms with Crippen molar-refractivity contribution >= 4 is 33.2 Å². The fourth-order valence-electron chi connectivity index (χ4n) is 6.87. The second-order valence-electron chi connectivity index (χ2n) is 12.1. The number of nitrogens with zero attached hydrogens (tertiary/aromatic N) is 1. The van der Waals surface area contributed by atoms with E-state index in [0.29, 0.717) is 0 Å². The van der Waals surface area contributed by atoms with Crippen molar-refractivity contribution in [2.45, 2.75) is 26.2 Å². The molecule has 1 aromatic heterocycles. The molecule has 42 heavy (non-hydrogen) atoms. The Labute approximate surface area is 246 Å². The summed E-state index contributed by atoms with van der Waals surface area (Å²) in [5.41, 5.74) is 15.1. The van der Waals surface area contributed by atoms with Gasteiger partial charge in [-0.15, -0.1) is 0 Å². The highest BCUT2D eigenvalue weighted by Gasteiger charge is 2.35. The summed E-state index contributed by atoms with van der Waals surface area (Å²) in [7, 11) is 0. The first-order chi connectivity index (χ1) is 20.5. The third-order valence-corrected chi connectivity index (χ3v) is 9.03. The Morgan fingerprint density at radius 1 is 0.524 bits per heavy atom. The fourth-order valence-corrected chi connectivity index (χ4v) is 6.87. The van der Waals surface area contributed by atoms with E-state index in [0.717, 1.165) is 11.4 Å². The maximum atomic E-state index is 3.66. The van der Waals surface area contributed by atoms with Gasteiger partial charge in [0.2, 0.25) is 0 Å². The lowest BCUT2D eigenvalue weighted by atomic mass is 9.81. The molecule has 0 radical (unpaired) electrons. The first kappa shape index (κ1) is 24.7. The zero-order chi connectivity index (χ0) is 28.4. The number of aromatic nitrogens is 1. The molecule has 0 saturated carbocycles. The van der Waals surface area contributed by atoms with Crippen LogP contribution in [-0.2, 0) is 5.41 Å². The van der Waals surface area contributed by atoms with Crippen LogP contribution in [0.1, 0.15) is 30.5 Å². The number of fused-ring (bicyclic) bond motifs is 6. The minimum atomic E-state index is 0.00422. The Morgan fingerprint density at radius 3 is 1.98 bits per heavy atom. The van der Waals surface area contributed by atoms with Gasteiger partial charge in [0.05, 0.1) is 11.0 Å². The molecule has 2 nitrogen and oxygen atoms in total. The molecule has 1 aliphatic rings. The van der Waals surface area contributed by atoms with Crippen molar-refractivity contribution in [3.8, 4) is 27.9 Å². The Bertz CT molecular complexity index is 2130. The molecule has 6 aromatic carbocycles. The van der Waals surface area contributed by atoms with Gasteiger partial charge < -0.3 is 9.88 Å². The summed E-state index contributed by atoms with van der Waals surface area (Å²) in [6.45, 7) is 6.84. The molecule has 1 heterocycles. The molecule has 0 unspecified atom stereocenters. The summed E-state index contributed by atoms with van der Waals surface area (Å²) < 4.78 is 2.36. The molecule has 7 aromatic rings. The topological polar surface area (TPSA) is 17.0 Å². The molecule has 0 amide bonds. The van der Waals surface area contributed by atoms with Crippen molar-refractivity contribution < 1.29 is 0 Å². The average Bonchev–Trinajstić information content (AvgIpc) is 3.46. The number of aryl methyl sites for hydroxylation is 1. The van der Waals surface area contributed by atoms with Crippen LogP contribution in [0.2, 0.25) is 0 Å². The normalized spacial score (nSPS) is 13.3. The highest BCUT2D eigenvalue weighted by Crippen LogP contribution is 2.49. The van der Waals surface area contributed by atoms with E-state index in [1.807, 2.05) is 0 Å². The largest absolute Gasteiger partial charge is 0.356 e. The van der Waals surface area contributed by atoms with Crippen molar-refractivity contribution in [1.82, 2.24) is 4.57 Å². The maximum Gasteiger partial charge on any atom is 0.0542 e. The van der Waals surface area contributed by atoms with Crippen LogP contribution >= 0.6 is 0 Å². The number of hydrogen-bond donors (Lipinski definition) is 1. The molecule has 2 heteroatoms. The lowest BCUT2D eigenvalue weighted by molar-refractivity contribution is 0.660. The van der Waals surface area contributed by atoms with Crippen LogP contribution < -0.4 is 5.32 Å². The molecule has 0 spiro atoms. The van der Waals surface area contributed by atoms with E-state index in [-0.39, 0.29) is 5.41 Å². The summed E-state index contributed by atoms with van der Waals surface area (Å²) >= 11 is 0. The Morgan fingerprint density at radius 2 is 1.17 bits per heavy atom. The van der Waals surface area contributed by atoms with Crippen LogP contribution in [0.25, 0.3) is 49.7 Å². The summed E-state index contributed by atoms with van der Waals surface area (Å²) in [5, 5.41) is 6.18. The molecule has 0 bridgehead atoms. The van der Waals surface area contributed by atoms with E-state index in [2.05, 4.69) is 164 Å². The van der Waals surface area contributed by atoms with Gasteiger partial charge in [0.15, 0.2) is 0 Å². The van der Waals surface area contributed by atoms with Crippen molar-refractivity contribution in [3.05, 3.63) is 150 Å². The third kappa shape index (κ3) is 3.79. The number of benzene rings is 6. The van der Waals surface area contributed by atoms with Gasteiger partial charge in [-0.3, -0.25) is 0 Å². The standard InChI is InChI=1S/C40H32N2/c1-26-13-21-38-34(23-26)35-25-30(19-22-39(35)42(38)31-9-5-4-6-10-31)41-29-17-14-27(15-18-29)28-16-20-33-32-11-7-8-12-36(32)40(2,3)37(33)24-28/h4-25,41H,1-3H3. The van der Waals surface area contributed by atoms with Crippen molar-refractivity contribution in [3.63, 3.8) is 0 Å². The minimum Gasteiger partial charge on any atom is -0.356 e. The van der Waals surface area contributed by atoms with Crippen molar-refractivity contribution in [2.24, 2.45) is 0 Å². The minimum absolute atomic E-state index is 0.00422. The smallest absolute Gasteiger partial charge is 0.0542 e. The van der Waals surface area contributed by atoms with Gasteiger partial charge in [0, 0.05) is 33.2 Å². The summed E-state index contributed by atoms with van der Waals surface area (Å²) in [6.07, 6.45) is 0. The maximum absolute atomic E-state index is 3.66. The molecule has 0 atom stereocenters. The molecular weight excluding hydrogens is 508 g/mol. The Balaban J connectivity index is 1.12. The zero-order valence-corrected chi connectivity index (χ0v) is 24.1. The predicted octanol–water partition coefficient (Wildman–Crippen LogP) is 10.8. The number of hydrogen-bond acceptors (Lipinski definition) is 1. The second-order valence-corrected chi connectivity index (χ2v) is 12.1. The molecule has 8 rings (SSSR count). The molecule has 0 saturated heterocycles. The number of rotatable bonds is 4. The number of nitrogens with one attached hydrogen (secondary N) is 1. The van der Waals surface area contributed by atoms with Crippen LogP contribution in [-0.4, -0.2) is 4.57 Å². The van der Waals surface area contributed by atoms with Crippen LogP contribution in [0.5, 0.6) is 0 Å². The highest BCUT2D eigenvalue weighted by molar-refractivity contribution is 6.10. The fraction of sp³-hybridized carbons (Fsp3) is 0.100. The molecular formula is C40H32N2. The lowest BCUT2D eigenvalue weighted by Crippen LogP contribution is -2.14. The quantitative estimate of drug-likeness (QED) is 0.235. The van der Waals surface area contributed by atoms with Gasteiger partial charge in [-0.1, -0.05) is 92.2 Å². The lowest BCUT2D eigenvalue weighted by Gasteiger charge is -2.22. The van der Waals surface area contributed by atoms with E-state index in [1.165, 1.54) is 66.4 Å². The summed E-state index contributed by atoms with van der Waals surface area (Å²) in [6, 6.07) is 48.6. The van der Waals surface area contributed by atoms with E-state index in [9.17, 15) is 0 Å². The van der Waals surface area contributed by atoms with Gasteiger partial charge in [0.25, 0.3) is 0 Å². The van der Waals surface area contributed by atoms with E-state index in [4.69, 9.17) is 0 Å². The predicted molar refractivity (Wildman–Crippen MR) is 178 cm³/mol. The first-order valence-electron chi connectivity index (χ1n) is 14.7. The monoisotopic (exact) mass is 540 g/mol.